The Kier molecular flexibility index (Phi) is 5.07. The lowest BCUT2D eigenvalue weighted by atomic mass is 10.0. The molecule has 0 aromatic heterocycles. The molecule has 1 heterocycles. The number of rotatable bonds is 4. The molecule has 1 aromatic rings. The summed E-state index contributed by atoms with van der Waals surface area (Å²) in [4.78, 5) is 3.97. The Bertz CT molecular complexity index is 462. The molecular weight excluding hydrogens is 274 g/mol. The molecule has 1 aromatic carbocycles. The molecule has 0 aliphatic carbocycles. The zero-order valence-corrected chi connectivity index (χ0v) is 13.1. The highest BCUT2D eigenvalue weighted by molar-refractivity contribution is 7.98. The third-order valence-corrected chi connectivity index (χ3v) is 4.46. The Labute approximate surface area is 124 Å². The van der Waals surface area contributed by atoms with Crippen molar-refractivity contribution in [2.45, 2.75) is 23.8 Å². The Balaban J connectivity index is 2.21. The second-order valence-electron chi connectivity index (χ2n) is 4.99. The highest BCUT2D eigenvalue weighted by atomic mass is 32.2. The lowest BCUT2D eigenvalue weighted by molar-refractivity contribution is 0.261. The van der Waals surface area contributed by atoms with Crippen molar-refractivity contribution in [3.8, 4) is 0 Å². The SMILES string of the molecule is CSc1cccc(NC2CCCN(C)C2)c1C(N)=S. The summed E-state index contributed by atoms with van der Waals surface area (Å²) in [5, 5.41) is 3.61. The van der Waals surface area contributed by atoms with E-state index in [9.17, 15) is 0 Å². The first-order chi connectivity index (χ1) is 9.11. The van der Waals surface area contributed by atoms with Gasteiger partial charge in [0.25, 0.3) is 0 Å². The van der Waals surface area contributed by atoms with Crippen LogP contribution in [-0.2, 0) is 0 Å². The molecule has 1 aliphatic heterocycles. The number of nitrogens with zero attached hydrogens (tertiary/aromatic N) is 1. The normalized spacial score (nSPS) is 20.2. The van der Waals surface area contributed by atoms with Crippen molar-refractivity contribution >= 4 is 34.7 Å². The molecule has 1 unspecified atom stereocenters. The number of hydrogen-bond acceptors (Lipinski definition) is 4. The van der Waals surface area contributed by atoms with E-state index in [0.29, 0.717) is 11.0 Å². The first-order valence-electron chi connectivity index (χ1n) is 6.53. The average molecular weight is 295 g/mol. The first-order valence-corrected chi connectivity index (χ1v) is 8.17. The van der Waals surface area contributed by atoms with Gasteiger partial charge in [-0.05, 0) is 44.8 Å². The van der Waals surface area contributed by atoms with E-state index in [-0.39, 0.29) is 0 Å². The van der Waals surface area contributed by atoms with Gasteiger partial charge in [0.2, 0.25) is 0 Å². The summed E-state index contributed by atoms with van der Waals surface area (Å²) in [6.07, 6.45) is 4.48. The van der Waals surface area contributed by atoms with E-state index in [1.54, 1.807) is 11.8 Å². The summed E-state index contributed by atoms with van der Waals surface area (Å²) in [6.45, 7) is 2.26. The van der Waals surface area contributed by atoms with Gasteiger partial charge in [0.15, 0.2) is 0 Å². The van der Waals surface area contributed by atoms with Crippen LogP contribution in [-0.4, -0.2) is 42.3 Å². The van der Waals surface area contributed by atoms with Gasteiger partial charge in [0.05, 0.1) is 0 Å². The molecule has 1 saturated heterocycles. The molecule has 0 spiro atoms. The van der Waals surface area contributed by atoms with Gasteiger partial charge in [-0.1, -0.05) is 18.3 Å². The van der Waals surface area contributed by atoms with Crippen LogP contribution in [0.4, 0.5) is 5.69 Å². The van der Waals surface area contributed by atoms with Crippen LogP contribution in [0.25, 0.3) is 0 Å². The molecule has 104 valence electrons. The average Bonchev–Trinajstić information content (AvgIpc) is 2.38. The highest BCUT2D eigenvalue weighted by Gasteiger charge is 2.19. The summed E-state index contributed by atoms with van der Waals surface area (Å²) in [6, 6.07) is 6.67. The highest BCUT2D eigenvalue weighted by Crippen LogP contribution is 2.28. The number of piperidine rings is 1. The molecule has 1 aliphatic rings. The molecule has 2 rings (SSSR count). The fraction of sp³-hybridized carbons (Fsp3) is 0.500. The van der Waals surface area contributed by atoms with Crippen molar-refractivity contribution in [2.75, 3.05) is 31.7 Å². The van der Waals surface area contributed by atoms with Crippen molar-refractivity contribution in [2.24, 2.45) is 5.73 Å². The van der Waals surface area contributed by atoms with Gasteiger partial charge >= 0.3 is 0 Å². The van der Waals surface area contributed by atoms with Crippen LogP contribution in [0.2, 0.25) is 0 Å². The monoisotopic (exact) mass is 295 g/mol. The second-order valence-corrected chi connectivity index (χ2v) is 6.28. The molecule has 0 saturated carbocycles. The zero-order chi connectivity index (χ0) is 13.8. The Morgan fingerprint density at radius 3 is 2.95 bits per heavy atom. The number of benzene rings is 1. The number of thioether (sulfide) groups is 1. The quantitative estimate of drug-likeness (QED) is 0.660. The fourth-order valence-electron chi connectivity index (χ4n) is 2.58. The van der Waals surface area contributed by atoms with Crippen molar-refractivity contribution < 1.29 is 0 Å². The van der Waals surface area contributed by atoms with Crippen LogP contribution in [0.15, 0.2) is 23.1 Å². The van der Waals surface area contributed by atoms with E-state index >= 15 is 0 Å². The van der Waals surface area contributed by atoms with Gasteiger partial charge < -0.3 is 16.0 Å². The number of likely N-dealkylation sites (N-methyl/N-ethyl adjacent to an activating group) is 1. The predicted molar refractivity (Wildman–Crippen MR) is 88.3 cm³/mol. The zero-order valence-electron chi connectivity index (χ0n) is 11.5. The van der Waals surface area contributed by atoms with E-state index < -0.39 is 0 Å². The number of anilines is 1. The molecule has 1 fully saturated rings. The van der Waals surface area contributed by atoms with Gasteiger partial charge in [-0.2, -0.15) is 0 Å². The molecule has 0 amide bonds. The van der Waals surface area contributed by atoms with Crippen molar-refractivity contribution in [3.63, 3.8) is 0 Å². The second kappa shape index (κ2) is 6.59. The number of thiocarbonyl (C=S) groups is 1. The molecule has 3 nitrogen and oxygen atoms in total. The van der Waals surface area contributed by atoms with Crippen LogP contribution in [0.1, 0.15) is 18.4 Å². The molecule has 0 radical (unpaired) electrons. The first kappa shape index (κ1) is 14.6. The van der Waals surface area contributed by atoms with Crippen LogP contribution in [0, 0.1) is 0 Å². The van der Waals surface area contributed by atoms with Crippen LogP contribution in [0.5, 0.6) is 0 Å². The van der Waals surface area contributed by atoms with E-state index in [4.69, 9.17) is 18.0 Å². The van der Waals surface area contributed by atoms with Crippen molar-refractivity contribution in [1.82, 2.24) is 4.90 Å². The molecule has 1 atom stereocenters. The van der Waals surface area contributed by atoms with Crippen molar-refractivity contribution in [3.05, 3.63) is 23.8 Å². The van der Waals surface area contributed by atoms with Gasteiger partial charge in [0.1, 0.15) is 4.99 Å². The maximum atomic E-state index is 5.89. The maximum absolute atomic E-state index is 5.89. The molecule has 3 N–H and O–H groups in total. The van der Waals surface area contributed by atoms with Crippen LogP contribution in [0.3, 0.4) is 0 Å². The molecule has 5 heteroatoms. The Morgan fingerprint density at radius 1 is 1.53 bits per heavy atom. The predicted octanol–water partition coefficient (Wildman–Crippen LogP) is 2.55. The van der Waals surface area contributed by atoms with E-state index in [1.807, 2.05) is 0 Å². The van der Waals surface area contributed by atoms with Gasteiger partial charge in [0, 0.05) is 28.7 Å². The molecule has 19 heavy (non-hydrogen) atoms. The van der Waals surface area contributed by atoms with Crippen LogP contribution >= 0.6 is 24.0 Å². The number of likely N-dealkylation sites (tertiary alicyclic amines) is 1. The summed E-state index contributed by atoms with van der Waals surface area (Å²) < 4.78 is 0. The lowest BCUT2D eigenvalue weighted by Crippen LogP contribution is -2.40. The summed E-state index contributed by atoms with van der Waals surface area (Å²) in [5.74, 6) is 0. The summed E-state index contributed by atoms with van der Waals surface area (Å²) >= 11 is 6.89. The minimum absolute atomic E-state index is 0.469. The number of nitrogens with one attached hydrogen (secondary N) is 1. The van der Waals surface area contributed by atoms with E-state index in [1.165, 1.54) is 19.4 Å². The van der Waals surface area contributed by atoms with Gasteiger partial charge in [-0.15, -0.1) is 11.8 Å². The Morgan fingerprint density at radius 2 is 2.32 bits per heavy atom. The fourth-order valence-corrected chi connectivity index (χ4v) is 3.50. The van der Waals surface area contributed by atoms with E-state index in [2.05, 4.69) is 41.7 Å². The van der Waals surface area contributed by atoms with E-state index in [0.717, 1.165) is 22.7 Å². The standard InChI is InChI=1S/C14H21N3S2/c1-17-8-4-5-10(9-17)16-11-6-3-7-12(19-2)13(11)14(15)18/h3,6-7,10,16H,4-5,8-9H2,1-2H3,(H2,15,18). The van der Waals surface area contributed by atoms with Gasteiger partial charge in [-0.3, -0.25) is 0 Å². The summed E-state index contributed by atoms with van der Waals surface area (Å²) in [7, 11) is 2.17. The number of nitrogens with two attached hydrogens (primary N) is 1. The minimum Gasteiger partial charge on any atom is -0.389 e. The Hall–Kier alpha value is -0.780. The maximum Gasteiger partial charge on any atom is 0.107 e. The smallest absolute Gasteiger partial charge is 0.107 e. The number of hydrogen-bond donors (Lipinski definition) is 2. The van der Waals surface area contributed by atoms with Crippen molar-refractivity contribution in [1.29, 1.82) is 0 Å². The van der Waals surface area contributed by atoms with Crippen LogP contribution < -0.4 is 11.1 Å². The summed E-state index contributed by atoms with van der Waals surface area (Å²) in [5.41, 5.74) is 7.94. The topological polar surface area (TPSA) is 41.3 Å². The molecule has 0 bridgehead atoms. The lowest BCUT2D eigenvalue weighted by Gasteiger charge is -2.31. The third kappa shape index (κ3) is 3.61. The van der Waals surface area contributed by atoms with Gasteiger partial charge in [-0.25, -0.2) is 0 Å². The minimum atomic E-state index is 0.469. The third-order valence-electron chi connectivity index (χ3n) is 3.48. The molecular formula is C14H21N3S2. The largest absolute Gasteiger partial charge is 0.389 e.